The van der Waals surface area contributed by atoms with Crippen LogP contribution < -0.4 is 6.15 Å². The van der Waals surface area contributed by atoms with Crippen LogP contribution in [0.3, 0.4) is 0 Å². The molecule has 0 saturated carbocycles. The Morgan fingerprint density at radius 1 is 0.929 bits per heavy atom. The van der Waals surface area contributed by atoms with Crippen molar-refractivity contribution in [3.63, 3.8) is 0 Å². The standard InChI is InChI=1S/C11H16O.ClH.H3N/c12-10-6-2-5-9-11-7-3-1-4-8-11;;/h1,3-4,7-8,12H,2,5-6,9-10H2;1H;1H3. The third-order valence-corrected chi connectivity index (χ3v) is 1.97. The third-order valence-electron chi connectivity index (χ3n) is 1.97. The van der Waals surface area contributed by atoms with Crippen LogP contribution in [0.4, 0.5) is 0 Å². The van der Waals surface area contributed by atoms with Gasteiger partial charge in [-0.3, -0.25) is 0 Å². The van der Waals surface area contributed by atoms with Crippen LogP contribution >= 0.6 is 12.4 Å². The lowest BCUT2D eigenvalue weighted by atomic mass is 10.1. The van der Waals surface area contributed by atoms with Crippen molar-refractivity contribution in [1.82, 2.24) is 6.15 Å². The summed E-state index contributed by atoms with van der Waals surface area (Å²) in [6.45, 7) is 0.328. The molecule has 0 fully saturated rings. The number of hydrogen-bond acceptors (Lipinski definition) is 2. The zero-order chi connectivity index (χ0) is 8.65. The molecule has 0 spiro atoms. The smallest absolute Gasteiger partial charge is 0.0431 e. The number of aliphatic hydroxyl groups is 1. The molecule has 0 saturated heterocycles. The number of benzene rings is 1. The van der Waals surface area contributed by atoms with Crippen LogP contribution in [0.15, 0.2) is 30.3 Å². The van der Waals surface area contributed by atoms with Crippen molar-refractivity contribution in [2.24, 2.45) is 0 Å². The second-order valence-corrected chi connectivity index (χ2v) is 3.02. The fourth-order valence-corrected chi connectivity index (χ4v) is 1.26. The van der Waals surface area contributed by atoms with E-state index in [0.717, 1.165) is 19.3 Å². The molecule has 0 heterocycles. The summed E-state index contributed by atoms with van der Waals surface area (Å²) in [7, 11) is 0. The van der Waals surface area contributed by atoms with E-state index < -0.39 is 0 Å². The lowest BCUT2D eigenvalue weighted by Gasteiger charge is -1.99. The van der Waals surface area contributed by atoms with Gasteiger partial charge in [-0.1, -0.05) is 36.8 Å². The molecule has 0 radical (unpaired) electrons. The number of halogens is 1. The van der Waals surface area contributed by atoms with Gasteiger partial charge in [0.2, 0.25) is 0 Å². The van der Waals surface area contributed by atoms with E-state index in [9.17, 15) is 0 Å². The lowest BCUT2D eigenvalue weighted by molar-refractivity contribution is 0.283. The van der Waals surface area contributed by atoms with Crippen LogP contribution in [-0.2, 0) is 6.42 Å². The molecule has 2 nitrogen and oxygen atoms in total. The van der Waals surface area contributed by atoms with Crippen LogP contribution in [0, 0.1) is 0 Å². The Labute approximate surface area is 92.3 Å². The van der Waals surface area contributed by atoms with E-state index in [1.54, 1.807) is 0 Å². The average Bonchev–Trinajstić information content (AvgIpc) is 2.14. The molecule has 1 aromatic carbocycles. The summed E-state index contributed by atoms with van der Waals surface area (Å²) in [4.78, 5) is 0. The Kier molecular flexibility index (Phi) is 11.9. The lowest BCUT2D eigenvalue weighted by Crippen LogP contribution is -1.87. The van der Waals surface area contributed by atoms with Crippen LogP contribution in [0.2, 0.25) is 0 Å². The highest BCUT2D eigenvalue weighted by molar-refractivity contribution is 5.85. The molecule has 0 unspecified atom stereocenters. The summed E-state index contributed by atoms with van der Waals surface area (Å²) in [6.07, 6.45) is 4.39. The molecule has 0 atom stereocenters. The molecule has 0 aliphatic heterocycles. The Morgan fingerprint density at radius 3 is 2.14 bits per heavy atom. The van der Waals surface area contributed by atoms with E-state index in [2.05, 4.69) is 24.3 Å². The third kappa shape index (κ3) is 6.89. The summed E-state index contributed by atoms with van der Waals surface area (Å²) in [5.41, 5.74) is 1.40. The maximum absolute atomic E-state index is 8.56. The zero-order valence-corrected chi connectivity index (χ0v) is 9.30. The summed E-state index contributed by atoms with van der Waals surface area (Å²) in [5, 5.41) is 8.56. The number of unbranched alkanes of at least 4 members (excludes halogenated alkanes) is 2. The maximum atomic E-state index is 8.56. The fourth-order valence-electron chi connectivity index (χ4n) is 1.26. The van der Waals surface area contributed by atoms with Crippen LogP contribution in [-0.4, -0.2) is 11.7 Å². The molecular formula is C11H20ClNO. The molecule has 4 N–H and O–H groups in total. The van der Waals surface area contributed by atoms with Crippen molar-refractivity contribution >= 4 is 12.4 Å². The highest BCUT2D eigenvalue weighted by atomic mass is 35.5. The van der Waals surface area contributed by atoms with Crippen LogP contribution in [0.5, 0.6) is 0 Å². The largest absolute Gasteiger partial charge is 0.396 e. The van der Waals surface area contributed by atoms with Crippen molar-refractivity contribution in [2.75, 3.05) is 6.61 Å². The molecule has 0 bridgehead atoms. The van der Waals surface area contributed by atoms with Gasteiger partial charge < -0.3 is 11.3 Å². The Morgan fingerprint density at radius 2 is 1.57 bits per heavy atom. The van der Waals surface area contributed by atoms with Crippen molar-refractivity contribution < 1.29 is 5.11 Å². The number of rotatable bonds is 5. The van der Waals surface area contributed by atoms with Gasteiger partial charge in [0.1, 0.15) is 0 Å². The minimum Gasteiger partial charge on any atom is -0.396 e. The molecule has 82 valence electrons. The van der Waals surface area contributed by atoms with Crippen LogP contribution in [0.25, 0.3) is 0 Å². The van der Waals surface area contributed by atoms with E-state index in [1.165, 1.54) is 12.0 Å². The minimum absolute atomic E-state index is 0. The molecule has 0 amide bonds. The SMILES string of the molecule is Cl.N.OCCCCCc1ccccc1. The monoisotopic (exact) mass is 217 g/mol. The van der Waals surface area contributed by atoms with Gasteiger partial charge in [-0.2, -0.15) is 0 Å². The number of aliphatic hydroxyl groups excluding tert-OH is 1. The first-order chi connectivity index (χ1) is 5.93. The average molecular weight is 218 g/mol. The molecule has 1 aromatic rings. The van der Waals surface area contributed by atoms with Gasteiger partial charge >= 0.3 is 0 Å². The van der Waals surface area contributed by atoms with Gasteiger partial charge in [-0.25, -0.2) is 0 Å². The normalized spacial score (nSPS) is 8.64. The van der Waals surface area contributed by atoms with Gasteiger partial charge in [-0.15, -0.1) is 12.4 Å². The predicted octanol–water partition coefficient (Wildman–Crippen LogP) is 2.98. The van der Waals surface area contributed by atoms with E-state index in [-0.39, 0.29) is 18.6 Å². The Bertz CT molecular complexity index is 204. The van der Waals surface area contributed by atoms with Crippen molar-refractivity contribution in [3.05, 3.63) is 35.9 Å². The Hall–Kier alpha value is -0.570. The second kappa shape index (κ2) is 10.5. The number of aryl methyl sites for hydroxylation is 1. The maximum Gasteiger partial charge on any atom is 0.0431 e. The summed E-state index contributed by atoms with van der Waals surface area (Å²) < 4.78 is 0. The zero-order valence-electron chi connectivity index (χ0n) is 8.48. The topological polar surface area (TPSA) is 55.2 Å². The van der Waals surface area contributed by atoms with Crippen molar-refractivity contribution in [2.45, 2.75) is 25.7 Å². The fraction of sp³-hybridized carbons (Fsp3) is 0.455. The summed E-state index contributed by atoms with van der Waals surface area (Å²) >= 11 is 0. The first-order valence-corrected chi connectivity index (χ1v) is 4.58. The van der Waals surface area contributed by atoms with Crippen molar-refractivity contribution in [1.29, 1.82) is 0 Å². The quantitative estimate of drug-likeness (QED) is 0.746. The molecule has 3 heteroatoms. The van der Waals surface area contributed by atoms with Gasteiger partial charge in [0.25, 0.3) is 0 Å². The summed E-state index contributed by atoms with van der Waals surface area (Å²) in [5.74, 6) is 0. The van der Waals surface area contributed by atoms with E-state index >= 15 is 0 Å². The van der Waals surface area contributed by atoms with Gasteiger partial charge in [-0.05, 0) is 24.8 Å². The predicted molar refractivity (Wildman–Crippen MR) is 63.4 cm³/mol. The molecule has 14 heavy (non-hydrogen) atoms. The van der Waals surface area contributed by atoms with Gasteiger partial charge in [0, 0.05) is 6.61 Å². The number of hydrogen-bond donors (Lipinski definition) is 2. The van der Waals surface area contributed by atoms with E-state index in [1.807, 2.05) is 6.07 Å². The highest BCUT2D eigenvalue weighted by Gasteiger charge is 1.90. The molecule has 0 aromatic heterocycles. The van der Waals surface area contributed by atoms with Crippen molar-refractivity contribution in [3.8, 4) is 0 Å². The molecule has 0 aliphatic rings. The minimum atomic E-state index is 0. The molecule has 1 rings (SSSR count). The second-order valence-electron chi connectivity index (χ2n) is 3.02. The Balaban J connectivity index is 0. The first-order valence-electron chi connectivity index (χ1n) is 4.58. The highest BCUT2D eigenvalue weighted by Crippen LogP contribution is 2.05. The molecular weight excluding hydrogens is 198 g/mol. The van der Waals surface area contributed by atoms with Crippen LogP contribution in [0.1, 0.15) is 24.8 Å². The van der Waals surface area contributed by atoms with Gasteiger partial charge in [0.05, 0.1) is 0 Å². The molecule has 0 aliphatic carbocycles. The van der Waals surface area contributed by atoms with E-state index in [4.69, 9.17) is 5.11 Å². The van der Waals surface area contributed by atoms with E-state index in [0.29, 0.717) is 6.61 Å². The summed E-state index contributed by atoms with van der Waals surface area (Å²) in [6, 6.07) is 10.5. The first kappa shape index (κ1) is 15.9. The van der Waals surface area contributed by atoms with Gasteiger partial charge in [0.15, 0.2) is 0 Å².